The van der Waals surface area contributed by atoms with E-state index in [1.165, 1.54) is 24.3 Å². The fourth-order valence-corrected chi connectivity index (χ4v) is 1.88. The highest BCUT2D eigenvalue weighted by atomic mass is 35.5. The fourth-order valence-electron chi connectivity index (χ4n) is 1.71. The third-order valence-corrected chi connectivity index (χ3v) is 2.81. The van der Waals surface area contributed by atoms with Gasteiger partial charge in [-0.15, -0.1) is 0 Å². The molecule has 0 bridgehead atoms. The number of ether oxygens (including phenoxy) is 1. The van der Waals surface area contributed by atoms with Crippen LogP contribution in [-0.2, 0) is 6.42 Å². The van der Waals surface area contributed by atoms with Crippen molar-refractivity contribution in [2.45, 2.75) is 19.8 Å². The molecule has 2 rings (SSSR count). The minimum absolute atomic E-state index is 0.0462. The Balaban J connectivity index is 2.36. The van der Waals surface area contributed by atoms with Gasteiger partial charge in [0.15, 0.2) is 0 Å². The number of benzene rings is 1. The number of halogens is 1. The largest absolute Gasteiger partial charge is 0.432 e. The maximum absolute atomic E-state index is 11.0. The first-order chi connectivity index (χ1) is 9.99. The van der Waals surface area contributed by atoms with Crippen molar-refractivity contribution in [2.75, 3.05) is 5.73 Å². The van der Waals surface area contributed by atoms with Crippen molar-refractivity contribution in [3.63, 3.8) is 0 Å². The summed E-state index contributed by atoms with van der Waals surface area (Å²) in [4.78, 5) is 18.7. The second-order valence-corrected chi connectivity index (χ2v) is 4.70. The van der Waals surface area contributed by atoms with Crippen LogP contribution in [0.4, 0.5) is 11.5 Å². The minimum Gasteiger partial charge on any atom is -0.432 e. The Kier molecular flexibility index (Phi) is 4.54. The van der Waals surface area contributed by atoms with Crippen LogP contribution in [0.5, 0.6) is 11.6 Å². The Labute approximate surface area is 125 Å². The SMILES string of the molecule is CCCc1nc(N)cc(Oc2ccc(Cl)cc2[N+](=O)[O-])n1. The molecule has 21 heavy (non-hydrogen) atoms. The number of hydrogen-bond acceptors (Lipinski definition) is 6. The molecule has 0 atom stereocenters. The van der Waals surface area contributed by atoms with Gasteiger partial charge in [0.2, 0.25) is 11.6 Å². The zero-order valence-electron chi connectivity index (χ0n) is 11.2. The predicted octanol–water partition coefficient (Wildman–Crippen LogP) is 3.37. The lowest BCUT2D eigenvalue weighted by Gasteiger charge is -2.07. The van der Waals surface area contributed by atoms with Gasteiger partial charge >= 0.3 is 5.69 Å². The number of hydrogen-bond donors (Lipinski definition) is 1. The van der Waals surface area contributed by atoms with Crippen molar-refractivity contribution in [3.05, 3.63) is 45.2 Å². The number of nitrogen functional groups attached to an aromatic ring is 1. The van der Waals surface area contributed by atoms with E-state index < -0.39 is 4.92 Å². The lowest BCUT2D eigenvalue weighted by molar-refractivity contribution is -0.385. The topological polar surface area (TPSA) is 104 Å². The monoisotopic (exact) mass is 308 g/mol. The Hall–Kier alpha value is -2.41. The number of aryl methyl sites for hydroxylation is 1. The Morgan fingerprint density at radius 3 is 2.81 bits per heavy atom. The van der Waals surface area contributed by atoms with Gasteiger partial charge in [-0.25, -0.2) is 4.98 Å². The molecule has 0 amide bonds. The van der Waals surface area contributed by atoms with E-state index in [-0.39, 0.29) is 28.2 Å². The van der Waals surface area contributed by atoms with Crippen LogP contribution in [-0.4, -0.2) is 14.9 Å². The van der Waals surface area contributed by atoms with Gasteiger partial charge in [0.1, 0.15) is 11.6 Å². The molecule has 0 saturated heterocycles. The molecule has 2 N–H and O–H groups in total. The van der Waals surface area contributed by atoms with Crippen LogP contribution < -0.4 is 10.5 Å². The molecule has 7 nitrogen and oxygen atoms in total. The number of aromatic nitrogens is 2. The summed E-state index contributed by atoms with van der Waals surface area (Å²) in [5, 5.41) is 11.3. The quantitative estimate of drug-likeness (QED) is 0.670. The van der Waals surface area contributed by atoms with Crippen molar-refractivity contribution < 1.29 is 9.66 Å². The lowest BCUT2D eigenvalue weighted by atomic mass is 10.3. The summed E-state index contributed by atoms with van der Waals surface area (Å²) in [7, 11) is 0. The molecule has 0 aliphatic carbocycles. The van der Waals surface area contributed by atoms with Crippen LogP contribution in [0, 0.1) is 10.1 Å². The van der Waals surface area contributed by atoms with Crippen LogP contribution in [0.25, 0.3) is 0 Å². The second kappa shape index (κ2) is 6.36. The molecule has 1 aromatic heterocycles. The van der Waals surface area contributed by atoms with Crippen molar-refractivity contribution in [1.29, 1.82) is 0 Å². The normalized spacial score (nSPS) is 10.4. The molecule has 1 heterocycles. The number of anilines is 1. The highest BCUT2D eigenvalue weighted by Crippen LogP contribution is 2.33. The van der Waals surface area contributed by atoms with Gasteiger partial charge in [-0.2, -0.15) is 4.98 Å². The molecule has 1 aromatic carbocycles. The van der Waals surface area contributed by atoms with Crippen LogP contribution in [0.3, 0.4) is 0 Å². The zero-order chi connectivity index (χ0) is 15.4. The van der Waals surface area contributed by atoms with E-state index in [0.29, 0.717) is 12.2 Å². The maximum Gasteiger partial charge on any atom is 0.313 e. The Bertz CT molecular complexity index is 678. The van der Waals surface area contributed by atoms with E-state index in [2.05, 4.69) is 9.97 Å². The fraction of sp³-hybridized carbons (Fsp3) is 0.231. The molecular weight excluding hydrogens is 296 g/mol. The molecule has 0 aliphatic heterocycles. The highest BCUT2D eigenvalue weighted by molar-refractivity contribution is 6.30. The number of nitro groups is 1. The first-order valence-electron chi connectivity index (χ1n) is 6.25. The average Bonchev–Trinajstić information content (AvgIpc) is 2.40. The number of rotatable bonds is 5. The van der Waals surface area contributed by atoms with Crippen LogP contribution in [0.15, 0.2) is 24.3 Å². The molecule has 0 saturated carbocycles. The molecule has 0 unspecified atom stereocenters. The second-order valence-electron chi connectivity index (χ2n) is 4.27. The molecule has 110 valence electrons. The van der Waals surface area contributed by atoms with Gasteiger partial charge in [0.05, 0.1) is 4.92 Å². The third-order valence-electron chi connectivity index (χ3n) is 2.57. The smallest absolute Gasteiger partial charge is 0.313 e. The summed E-state index contributed by atoms with van der Waals surface area (Å²) in [6, 6.07) is 5.55. The Morgan fingerprint density at radius 1 is 1.38 bits per heavy atom. The number of nitrogens with zero attached hydrogens (tertiary/aromatic N) is 3. The van der Waals surface area contributed by atoms with Crippen molar-refractivity contribution in [1.82, 2.24) is 9.97 Å². The van der Waals surface area contributed by atoms with Gasteiger partial charge in [-0.1, -0.05) is 18.5 Å². The molecular formula is C13H13ClN4O3. The van der Waals surface area contributed by atoms with E-state index in [1.54, 1.807) is 0 Å². The molecule has 8 heteroatoms. The van der Waals surface area contributed by atoms with Crippen LogP contribution in [0.2, 0.25) is 5.02 Å². The summed E-state index contributed by atoms with van der Waals surface area (Å²) in [6.45, 7) is 1.98. The first kappa shape index (κ1) is 15.0. The molecule has 2 aromatic rings. The first-order valence-corrected chi connectivity index (χ1v) is 6.62. The summed E-state index contributed by atoms with van der Waals surface area (Å²) < 4.78 is 5.46. The number of nitro benzene ring substituents is 1. The van der Waals surface area contributed by atoms with Gasteiger partial charge in [-0.3, -0.25) is 10.1 Å². The van der Waals surface area contributed by atoms with Gasteiger partial charge in [-0.05, 0) is 18.6 Å². The van der Waals surface area contributed by atoms with Crippen molar-refractivity contribution in [2.24, 2.45) is 0 Å². The van der Waals surface area contributed by atoms with Gasteiger partial charge < -0.3 is 10.5 Å². The van der Waals surface area contributed by atoms with Crippen molar-refractivity contribution in [3.8, 4) is 11.6 Å². The summed E-state index contributed by atoms with van der Waals surface area (Å²) in [5.74, 6) is 0.991. The predicted molar refractivity (Wildman–Crippen MR) is 78.6 cm³/mol. The molecule has 0 aliphatic rings. The average molecular weight is 309 g/mol. The molecule has 0 fully saturated rings. The lowest BCUT2D eigenvalue weighted by Crippen LogP contribution is -2.02. The van der Waals surface area contributed by atoms with Crippen LogP contribution >= 0.6 is 11.6 Å². The maximum atomic E-state index is 11.0. The van der Waals surface area contributed by atoms with E-state index in [1.807, 2.05) is 6.92 Å². The number of nitrogens with two attached hydrogens (primary N) is 1. The highest BCUT2D eigenvalue weighted by Gasteiger charge is 2.17. The van der Waals surface area contributed by atoms with Gasteiger partial charge in [0, 0.05) is 23.6 Å². The molecule has 0 spiro atoms. The van der Waals surface area contributed by atoms with Crippen LogP contribution in [0.1, 0.15) is 19.2 Å². The summed E-state index contributed by atoms with van der Waals surface area (Å²) in [6.07, 6.45) is 1.49. The standard InChI is InChI=1S/C13H13ClN4O3/c1-2-3-12-16-11(15)7-13(17-12)21-10-5-4-8(14)6-9(10)18(19)20/h4-7H,2-3H2,1H3,(H2,15,16,17). The zero-order valence-corrected chi connectivity index (χ0v) is 12.0. The Morgan fingerprint density at radius 2 is 2.14 bits per heavy atom. The third kappa shape index (κ3) is 3.79. The van der Waals surface area contributed by atoms with E-state index in [0.717, 1.165) is 6.42 Å². The summed E-state index contributed by atoms with van der Waals surface area (Å²) >= 11 is 5.75. The van der Waals surface area contributed by atoms with E-state index >= 15 is 0 Å². The summed E-state index contributed by atoms with van der Waals surface area (Å²) in [5.41, 5.74) is 5.44. The minimum atomic E-state index is -0.571. The van der Waals surface area contributed by atoms with Crippen molar-refractivity contribution >= 4 is 23.1 Å². The van der Waals surface area contributed by atoms with E-state index in [4.69, 9.17) is 22.1 Å². The molecule has 0 radical (unpaired) electrons. The van der Waals surface area contributed by atoms with E-state index in [9.17, 15) is 10.1 Å². The van der Waals surface area contributed by atoms with Gasteiger partial charge in [0.25, 0.3) is 0 Å².